The van der Waals surface area contributed by atoms with Crippen LogP contribution in [0.2, 0.25) is 0 Å². The summed E-state index contributed by atoms with van der Waals surface area (Å²) in [5.41, 5.74) is 3.98. The monoisotopic (exact) mass is 691 g/mol. The summed E-state index contributed by atoms with van der Waals surface area (Å²) in [4.78, 5) is 29.6. The van der Waals surface area contributed by atoms with Gasteiger partial charge in [0, 0.05) is 19.5 Å². The molecule has 0 fully saturated rings. The lowest BCUT2D eigenvalue weighted by Crippen LogP contribution is -2.53. The number of rotatable bonds is 13. The number of likely N-dealkylation sites (N-methyl/N-ethyl adjacent to an activating group) is 1. The average Bonchev–Trinajstić information content (AvgIpc) is 3.02. The van der Waals surface area contributed by atoms with Crippen LogP contribution in [0.15, 0.2) is 106 Å². The van der Waals surface area contributed by atoms with Crippen molar-refractivity contribution in [3.05, 3.63) is 124 Å². The number of aryl methyl sites for hydroxylation is 2. The van der Waals surface area contributed by atoms with E-state index in [9.17, 15) is 18.0 Å². The van der Waals surface area contributed by atoms with Gasteiger partial charge in [-0.3, -0.25) is 13.9 Å². The van der Waals surface area contributed by atoms with Crippen molar-refractivity contribution in [1.29, 1.82) is 0 Å². The molecule has 0 radical (unpaired) electrons. The zero-order valence-electron chi connectivity index (χ0n) is 25.9. The van der Waals surface area contributed by atoms with E-state index in [2.05, 4.69) is 21.2 Å². The second-order valence-electron chi connectivity index (χ2n) is 10.8. The second kappa shape index (κ2) is 15.2. The first-order chi connectivity index (χ1) is 21.5. The summed E-state index contributed by atoms with van der Waals surface area (Å²) in [5, 5.41) is 2.88. The van der Waals surface area contributed by atoms with Crippen LogP contribution in [-0.4, -0.2) is 51.4 Å². The summed E-state index contributed by atoms with van der Waals surface area (Å²) < 4.78 is 35.3. The molecule has 4 rings (SSSR count). The van der Waals surface area contributed by atoms with Crippen molar-refractivity contribution in [1.82, 2.24) is 10.2 Å². The lowest BCUT2D eigenvalue weighted by atomic mass is 10.0. The van der Waals surface area contributed by atoms with Crippen LogP contribution in [0.4, 0.5) is 5.69 Å². The third-order valence-electron chi connectivity index (χ3n) is 7.37. The lowest BCUT2D eigenvalue weighted by Gasteiger charge is -2.34. The van der Waals surface area contributed by atoms with Crippen molar-refractivity contribution >= 4 is 43.5 Å². The van der Waals surface area contributed by atoms with E-state index in [0.717, 1.165) is 26.6 Å². The van der Waals surface area contributed by atoms with E-state index in [1.807, 2.05) is 75.4 Å². The Morgan fingerprint density at radius 1 is 0.867 bits per heavy atom. The minimum atomic E-state index is -4.24. The summed E-state index contributed by atoms with van der Waals surface area (Å²) in [7, 11) is -2.74. The van der Waals surface area contributed by atoms with Gasteiger partial charge in [0.25, 0.3) is 10.0 Å². The van der Waals surface area contributed by atoms with Gasteiger partial charge in [0.05, 0.1) is 22.2 Å². The zero-order valence-corrected chi connectivity index (χ0v) is 28.3. The summed E-state index contributed by atoms with van der Waals surface area (Å²) in [6, 6.07) is 27.7. The van der Waals surface area contributed by atoms with Gasteiger partial charge in [0.1, 0.15) is 18.3 Å². The molecule has 236 valence electrons. The highest BCUT2D eigenvalue weighted by Gasteiger charge is 2.34. The highest BCUT2D eigenvalue weighted by molar-refractivity contribution is 9.10. The number of nitrogens with zero attached hydrogens (tertiary/aromatic N) is 2. The molecule has 8 nitrogen and oxygen atoms in total. The number of nitrogens with one attached hydrogen (secondary N) is 1. The summed E-state index contributed by atoms with van der Waals surface area (Å²) in [5.74, 6) is -0.353. The molecule has 45 heavy (non-hydrogen) atoms. The Morgan fingerprint density at radius 2 is 1.56 bits per heavy atom. The van der Waals surface area contributed by atoms with Crippen molar-refractivity contribution in [2.75, 3.05) is 24.5 Å². The van der Waals surface area contributed by atoms with Crippen molar-refractivity contribution in [2.45, 2.75) is 44.7 Å². The molecular weight excluding hydrogens is 654 g/mol. The topological polar surface area (TPSA) is 96.0 Å². The quantitative estimate of drug-likeness (QED) is 0.184. The van der Waals surface area contributed by atoms with E-state index >= 15 is 0 Å². The number of halogens is 1. The molecule has 0 aromatic heterocycles. The molecule has 4 aromatic carbocycles. The molecule has 0 aliphatic rings. The van der Waals surface area contributed by atoms with Crippen LogP contribution in [0.1, 0.15) is 29.2 Å². The van der Waals surface area contributed by atoms with Crippen LogP contribution >= 0.6 is 15.9 Å². The number of anilines is 1. The third kappa shape index (κ3) is 8.52. The fraction of sp³-hybridized carbons (Fsp3) is 0.257. The first-order valence-electron chi connectivity index (χ1n) is 14.6. The summed E-state index contributed by atoms with van der Waals surface area (Å²) in [6.45, 7) is 5.66. The van der Waals surface area contributed by atoms with Crippen LogP contribution in [0, 0.1) is 13.8 Å². The predicted octanol–water partition coefficient (Wildman–Crippen LogP) is 6.05. The molecule has 0 unspecified atom stereocenters. The van der Waals surface area contributed by atoms with Crippen molar-refractivity contribution in [3.8, 4) is 5.75 Å². The van der Waals surface area contributed by atoms with E-state index < -0.39 is 28.5 Å². The van der Waals surface area contributed by atoms with E-state index in [4.69, 9.17) is 4.74 Å². The maximum atomic E-state index is 14.5. The maximum Gasteiger partial charge on any atom is 0.264 e. The van der Waals surface area contributed by atoms with Gasteiger partial charge in [-0.1, -0.05) is 77.9 Å². The van der Waals surface area contributed by atoms with Gasteiger partial charge in [-0.25, -0.2) is 8.42 Å². The number of hydrogen-bond donors (Lipinski definition) is 1. The Hall–Kier alpha value is -4.15. The smallest absolute Gasteiger partial charge is 0.264 e. The first-order valence-corrected chi connectivity index (χ1v) is 16.9. The number of methoxy groups -OCH3 is 1. The molecular formula is C35H38BrN3O5S. The summed E-state index contributed by atoms with van der Waals surface area (Å²) >= 11 is 3.39. The Balaban J connectivity index is 1.81. The Bertz CT molecular complexity index is 1730. The van der Waals surface area contributed by atoms with Crippen molar-refractivity contribution < 1.29 is 22.7 Å². The van der Waals surface area contributed by atoms with Gasteiger partial charge in [-0.15, -0.1) is 0 Å². The van der Waals surface area contributed by atoms with Gasteiger partial charge >= 0.3 is 0 Å². The van der Waals surface area contributed by atoms with Crippen LogP contribution < -0.4 is 14.4 Å². The minimum Gasteiger partial charge on any atom is -0.496 e. The number of hydrogen-bond acceptors (Lipinski definition) is 5. The van der Waals surface area contributed by atoms with Gasteiger partial charge in [0.2, 0.25) is 11.8 Å². The predicted molar refractivity (Wildman–Crippen MR) is 181 cm³/mol. The molecule has 1 N–H and O–H groups in total. The third-order valence-corrected chi connectivity index (χ3v) is 9.76. The van der Waals surface area contributed by atoms with Gasteiger partial charge in [-0.05, 0) is 78.2 Å². The highest BCUT2D eigenvalue weighted by atomic mass is 79.9. The van der Waals surface area contributed by atoms with E-state index in [1.165, 1.54) is 24.1 Å². The Labute approximate surface area is 274 Å². The second-order valence-corrected chi connectivity index (χ2v) is 13.5. The lowest BCUT2D eigenvalue weighted by molar-refractivity contribution is -0.140. The summed E-state index contributed by atoms with van der Waals surface area (Å²) in [6.07, 6.45) is 0.257. The van der Waals surface area contributed by atoms with E-state index in [1.54, 1.807) is 30.3 Å². The maximum absolute atomic E-state index is 14.5. The number of carbonyl (C=O) groups excluding carboxylic acids is 2. The average molecular weight is 693 g/mol. The highest BCUT2D eigenvalue weighted by Crippen LogP contribution is 2.31. The van der Waals surface area contributed by atoms with Crippen LogP contribution in [-0.2, 0) is 32.6 Å². The largest absolute Gasteiger partial charge is 0.496 e. The minimum absolute atomic E-state index is 0.0154. The molecule has 10 heteroatoms. The van der Waals surface area contributed by atoms with Crippen LogP contribution in [0.5, 0.6) is 5.75 Å². The van der Waals surface area contributed by atoms with Crippen LogP contribution in [0.3, 0.4) is 0 Å². The number of ether oxygens (including phenoxy) is 1. The van der Waals surface area contributed by atoms with E-state index in [0.29, 0.717) is 22.5 Å². The Kier molecular flexibility index (Phi) is 11.4. The SMILES string of the molecule is CCNC(=O)[C@H](Cc1ccccc1)N(Cc1cccc(C)c1)C(=O)CN(c1ccc(C)cc1)S(=O)(=O)c1ccc(OC)c(Br)c1. The molecule has 0 aliphatic heterocycles. The fourth-order valence-electron chi connectivity index (χ4n) is 5.03. The number of carbonyl (C=O) groups is 2. The van der Waals surface area contributed by atoms with Crippen molar-refractivity contribution in [2.24, 2.45) is 0 Å². The molecule has 0 heterocycles. The molecule has 0 aliphatic carbocycles. The zero-order chi connectivity index (χ0) is 32.6. The standard InChI is InChI=1S/C35H38BrN3O5S/c1-5-37-35(41)32(21-27-11-7-6-8-12-27)38(23-28-13-9-10-26(3)20-28)34(40)24-39(29-16-14-25(2)15-17-29)45(42,43)30-18-19-33(44-4)31(36)22-30/h6-20,22,32H,5,21,23-24H2,1-4H3,(H,37,41)/t32-/m0/s1. The normalized spacial score (nSPS) is 11.8. The number of benzene rings is 4. The first kappa shape index (κ1) is 33.7. The molecule has 0 bridgehead atoms. The molecule has 0 saturated heterocycles. The molecule has 2 amide bonds. The van der Waals surface area contributed by atoms with E-state index in [-0.39, 0.29) is 23.8 Å². The fourth-order valence-corrected chi connectivity index (χ4v) is 7.16. The van der Waals surface area contributed by atoms with Gasteiger partial charge in [-0.2, -0.15) is 0 Å². The molecule has 1 atom stereocenters. The Morgan fingerprint density at radius 3 is 2.18 bits per heavy atom. The molecule has 0 spiro atoms. The molecule has 4 aromatic rings. The van der Waals surface area contributed by atoms with Gasteiger partial charge in [0.15, 0.2) is 0 Å². The molecule has 0 saturated carbocycles. The van der Waals surface area contributed by atoms with Crippen molar-refractivity contribution in [3.63, 3.8) is 0 Å². The van der Waals surface area contributed by atoms with Gasteiger partial charge < -0.3 is 15.0 Å². The number of amides is 2. The number of sulfonamides is 1. The van der Waals surface area contributed by atoms with Crippen LogP contribution in [0.25, 0.3) is 0 Å².